The minimum Gasteiger partial charge on any atom is -0.379 e. The van der Waals surface area contributed by atoms with Crippen molar-refractivity contribution in [3.8, 4) is 0 Å². The molecule has 0 fully saturated rings. The molecule has 2 aromatic carbocycles. The van der Waals surface area contributed by atoms with Gasteiger partial charge in [-0.2, -0.15) is 0 Å². The van der Waals surface area contributed by atoms with Crippen LogP contribution in [-0.4, -0.2) is 5.91 Å². The number of hydrogen-bond acceptors (Lipinski definition) is 2. The van der Waals surface area contributed by atoms with E-state index in [0.29, 0.717) is 12.1 Å². The fourth-order valence-corrected chi connectivity index (χ4v) is 1.78. The molecule has 0 spiro atoms. The molecule has 0 bridgehead atoms. The number of carbonyl (C=O) groups excluding carboxylic acids is 1. The molecule has 0 radical (unpaired) electrons. The van der Waals surface area contributed by atoms with E-state index < -0.39 is 34.7 Å². The Hall–Kier alpha value is -2.57. The van der Waals surface area contributed by atoms with Crippen molar-refractivity contribution in [1.29, 1.82) is 0 Å². The standard InChI is InChI=1S/C14H10F4N2O/c15-8-1-7(2-9(16)3-8)6-20-13-4-10(14(19)21)11(17)5-12(13)18/h1-5,20H,6H2,(H2,19,21). The number of anilines is 1. The maximum Gasteiger partial charge on any atom is 0.251 e. The Balaban J connectivity index is 2.23. The second-order valence-corrected chi connectivity index (χ2v) is 4.31. The number of hydrogen-bond donors (Lipinski definition) is 2. The van der Waals surface area contributed by atoms with Gasteiger partial charge in [0.05, 0.1) is 11.3 Å². The van der Waals surface area contributed by atoms with Crippen LogP contribution in [-0.2, 0) is 6.54 Å². The number of nitrogens with two attached hydrogens (primary N) is 1. The molecule has 21 heavy (non-hydrogen) atoms. The molecule has 0 atom stereocenters. The molecule has 0 aromatic heterocycles. The lowest BCUT2D eigenvalue weighted by molar-refractivity contribution is 0.0996. The van der Waals surface area contributed by atoms with E-state index in [4.69, 9.17) is 5.73 Å². The van der Waals surface area contributed by atoms with Crippen LogP contribution in [0.5, 0.6) is 0 Å². The van der Waals surface area contributed by atoms with Gasteiger partial charge in [-0.3, -0.25) is 4.79 Å². The molecular formula is C14H10F4N2O. The van der Waals surface area contributed by atoms with Gasteiger partial charge in [0.25, 0.3) is 5.91 Å². The zero-order valence-corrected chi connectivity index (χ0v) is 10.6. The van der Waals surface area contributed by atoms with Crippen molar-refractivity contribution in [2.75, 3.05) is 5.32 Å². The Morgan fingerprint density at radius 3 is 2.14 bits per heavy atom. The Bertz CT molecular complexity index is 683. The molecule has 0 heterocycles. The lowest BCUT2D eigenvalue weighted by atomic mass is 10.1. The van der Waals surface area contributed by atoms with E-state index in [1.54, 1.807) is 0 Å². The molecular weight excluding hydrogens is 288 g/mol. The number of halogens is 4. The summed E-state index contributed by atoms with van der Waals surface area (Å²) in [6.07, 6.45) is 0. The third kappa shape index (κ3) is 3.50. The van der Waals surface area contributed by atoms with Gasteiger partial charge in [-0.05, 0) is 23.8 Å². The average Bonchev–Trinajstić information content (AvgIpc) is 2.36. The summed E-state index contributed by atoms with van der Waals surface area (Å²) in [6, 6.07) is 4.24. The van der Waals surface area contributed by atoms with Crippen LogP contribution >= 0.6 is 0 Å². The van der Waals surface area contributed by atoms with E-state index >= 15 is 0 Å². The molecule has 0 saturated carbocycles. The number of primary amides is 1. The van der Waals surface area contributed by atoms with Crippen molar-refractivity contribution in [2.45, 2.75) is 6.54 Å². The highest BCUT2D eigenvalue weighted by Crippen LogP contribution is 2.20. The quantitative estimate of drug-likeness (QED) is 0.853. The average molecular weight is 298 g/mol. The first-order valence-corrected chi connectivity index (χ1v) is 5.84. The van der Waals surface area contributed by atoms with Crippen molar-refractivity contribution in [3.05, 3.63) is 64.7 Å². The third-order valence-electron chi connectivity index (χ3n) is 2.73. The fourth-order valence-electron chi connectivity index (χ4n) is 1.78. The van der Waals surface area contributed by atoms with Crippen LogP contribution in [0.2, 0.25) is 0 Å². The van der Waals surface area contributed by atoms with E-state index in [2.05, 4.69) is 5.32 Å². The van der Waals surface area contributed by atoms with Gasteiger partial charge in [0.15, 0.2) is 0 Å². The minimum absolute atomic E-state index is 0.116. The number of benzene rings is 2. The Morgan fingerprint density at radius 2 is 1.57 bits per heavy atom. The molecule has 0 aliphatic carbocycles. The van der Waals surface area contributed by atoms with Crippen LogP contribution in [0.3, 0.4) is 0 Å². The predicted octanol–water partition coefficient (Wildman–Crippen LogP) is 2.95. The van der Waals surface area contributed by atoms with Gasteiger partial charge in [0.1, 0.15) is 23.3 Å². The van der Waals surface area contributed by atoms with E-state index in [0.717, 1.165) is 18.2 Å². The first-order valence-electron chi connectivity index (χ1n) is 5.84. The summed E-state index contributed by atoms with van der Waals surface area (Å²) >= 11 is 0. The number of carbonyl (C=O) groups is 1. The first-order chi connectivity index (χ1) is 9.86. The molecule has 7 heteroatoms. The van der Waals surface area contributed by atoms with E-state index in [-0.39, 0.29) is 17.8 Å². The van der Waals surface area contributed by atoms with Gasteiger partial charge in [0.2, 0.25) is 0 Å². The summed E-state index contributed by atoms with van der Waals surface area (Å²) < 4.78 is 52.8. The molecule has 0 saturated heterocycles. The van der Waals surface area contributed by atoms with Crippen molar-refractivity contribution in [1.82, 2.24) is 0 Å². The van der Waals surface area contributed by atoms with Crippen molar-refractivity contribution in [2.24, 2.45) is 5.73 Å². The zero-order chi connectivity index (χ0) is 15.6. The van der Waals surface area contributed by atoms with Crippen LogP contribution in [0.15, 0.2) is 30.3 Å². The molecule has 0 unspecified atom stereocenters. The van der Waals surface area contributed by atoms with Crippen LogP contribution < -0.4 is 11.1 Å². The maximum atomic E-state index is 13.6. The van der Waals surface area contributed by atoms with Crippen molar-refractivity contribution >= 4 is 11.6 Å². The predicted molar refractivity (Wildman–Crippen MR) is 68.6 cm³/mol. The normalized spacial score (nSPS) is 10.5. The van der Waals surface area contributed by atoms with Crippen molar-refractivity contribution < 1.29 is 22.4 Å². The van der Waals surface area contributed by atoms with Gasteiger partial charge in [-0.1, -0.05) is 0 Å². The topological polar surface area (TPSA) is 55.1 Å². The highest BCUT2D eigenvalue weighted by atomic mass is 19.1. The molecule has 0 aliphatic heterocycles. The molecule has 2 rings (SSSR count). The lowest BCUT2D eigenvalue weighted by Crippen LogP contribution is -2.14. The number of nitrogens with one attached hydrogen (secondary N) is 1. The highest BCUT2D eigenvalue weighted by Gasteiger charge is 2.13. The second-order valence-electron chi connectivity index (χ2n) is 4.31. The van der Waals surface area contributed by atoms with E-state index in [9.17, 15) is 22.4 Å². The second kappa shape index (κ2) is 5.82. The lowest BCUT2D eigenvalue weighted by Gasteiger charge is -2.10. The van der Waals surface area contributed by atoms with Gasteiger partial charge in [-0.25, -0.2) is 17.6 Å². The molecule has 0 aliphatic rings. The fraction of sp³-hybridized carbons (Fsp3) is 0.0714. The summed E-state index contributed by atoms with van der Waals surface area (Å²) in [4.78, 5) is 11.0. The Morgan fingerprint density at radius 1 is 0.952 bits per heavy atom. The maximum absolute atomic E-state index is 13.6. The smallest absolute Gasteiger partial charge is 0.251 e. The van der Waals surface area contributed by atoms with Gasteiger partial charge in [-0.15, -0.1) is 0 Å². The summed E-state index contributed by atoms with van der Waals surface area (Å²) in [5.74, 6) is -4.63. The molecule has 1 amide bonds. The summed E-state index contributed by atoms with van der Waals surface area (Å²) in [5, 5.41) is 2.52. The van der Waals surface area contributed by atoms with Gasteiger partial charge >= 0.3 is 0 Å². The largest absolute Gasteiger partial charge is 0.379 e. The minimum atomic E-state index is -1.08. The van der Waals surface area contributed by atoms with Gasteiger partial charge < -0.3 is 11.1 Å². The summed E-state index contributed by atoms with van der Waals surface area (Å²) in [6.45, 7) is -0.116. The Labute approximate surface area is 117 Å². The van der Waals surface area contributed by atoms with Crippen LogP contribution in [0.1, 0.15) is 15.9 Å². The molecule has 3 nitrogen and oxygen atoms in total. The van der Waals surface area contributed by atoms with Crippen LogP contribution in [0.25, 0.3) is 0 Å². The Kier molecular flexibility index (Phi) is 4.11. The zero-order valence-electron chi connectivity index (χ0n) is 10.6. The van der Waals surface area contributed by atoms with Crippen LogP contribution in [0, 0.1) is 23.3 Å². The summed E-state index contributed by atoms with van der Waals surface area (Å²) in [7, 11) is 0. The first kappa shape index (κ1) is 14.8. The number of rotatable bonds is 4. The van der Waals surface area contributed by atoms with Crippen LogP contribution in [0.4, 0.5) is 23.2 Å². The summed E-state index contributed by atoms with van der Waals surface area (Å²) in [5.41, 5.74) is 4.49. The van der Waals surface area contributed by atoms with Gasteiger partial charge in [0, 0.05) is 18.7 Å². The van der Waals surface area contributed by atoms with E-state index in [1.165, 1.54) is 0 Å². The molecule has 2 aromatic rings. The highest BCUT2D eigenvalue weighted by molar-refractivity contribution is 5.94. The monoisotopic (exact) mass is 298 g/mol. The van der Waals surface area contributed by atoms with Crippen molar-refractivity contribution in [3.63, 3.8) is 0 Å². The third-order valence-corrected chi connectivity index (χ3v) is 2.73. The number of amides is 1. The molecule has 110 valence electrons. The molecule has 3 N–H and O–H groups in total. The van der Waals surface area contributed by atoms with E-state index in [1.807, 2.05) is 0 Å². The SMILES string of the molecule is NC(=O)c1cc(NCc2cc(F)cc(F)c2)c(F)cc1F.